The van der Waals surface area contributed by atoms with Gasteiger partial charge in [0.25, 0.3) is 0 Å². The Morgan fingerprint density at radius 2 is 1.71 bits per heavy atom. The Morgan fingerprint density at radius 3 is 2.50 bits per heavy atom. The molecule has 0 saturated heterocycles. The van der Waals surface area contributed by atoms with Crippen molar-refractivity contribution < 1.29 is 4.74 Å². The minimum Gasteiger partial charge on any atom is -0.492 e. The average molecular weight is 321 g/mol. The highest BCUT2D eigenvalue weighted by molar-refractivity contribution is 5.64. The van der Waals surface area contributed by atoms with E-state index in [-0.39, 0.29) is 0 Å². The van der Waals surface area contributed by atoms with Crippen molar-refractivity contribution in [3.8, 4) is 5.75 Å². The first kappa shape index (κ1) is 15.7. The lowest BCUT2D eigenvalue weighted by atomic mass is 10.2. The second-order valence-electron chi connectivity index (χ2n) is 5.16. The minimum atomic E-state index is 0.403. The molecule has 24 heavy (non-hydrogen) atoms. The Bertz CT molecular complexity index is 822. The molecule has 0 aliphatic carbocycles. The maximum atomic E-state index is 5.60. The minimum absolute atomic E-state index is 0.403. The van der Waals surface area contributed by atoms with Gasteiger partial charge >= 0.3 is 0 Å². The molecule has 122 valence electrons. The number of aromatic nitrogens is 3. The fourth-order valence-electron chi connectivity index (χ4n) is 2.24. The van der Waals surface area contributed by atoms with E-state index in [0.717, 1.165) is 22.7 Å². The monoisotopic (exact) mass is 321 g/mol. The molecular weight excluding hydrogens is 302 g/mol. The fraction of sp³-hybridized carbons (Fsp3) is 0.167. The number of benzene rings is 2. The largest absolute Gasteiger partial charge is 0.492 e. The lowest BCUT2D eigenvalue weighted by molar-refractivity contribution is 0.342. The zero-order valence-electron chi connectivity index (χ0n) is 13.7. The molecule has 0 aliphatic rings. The Balaban J connectivity index is 1.80. The van der Waals surface area contributed by atoms with Crippen molar-refractivity contribution in [1.29, 1.82) is 0 Å². The first-order chi connectivity index (χ1) is 11.8. The van der Waals surface area contributed by atoms with E-state index >= 15 is 0 Å². The molecule has 0 saturated carbocycles. The van der Waals surface area contributed by atoms with Crippen molar-refractivity contribution >= 4 is 23.1 Å². The average Bonchev–Trinajstić information content (AvgIpc) is 2.59. The molecule has 2 N–H and O–H groups in total. The van der Waals surface area contributed by atoms with Crippen LogP contribution in [0.2, 0.25) is 0 Å². The van der Waals surface area contributed by atoms with Gasteiger partial charge in [-0.1, -0.05) is 30.3 Å². The van der Waals surface area contributed by atoms with Crippen LogP contribution < -0.4 is 15.4 Å². The number of nitrogens with zero attached hydrogens (tertiary/aromatic N) is 3. The highest BCUT2D eigenvalue weighted by Crippen LogP contribution is 2.26. The van der Waals surface area contributed by atoms with Gasteiger partial charge in [-0.25, -0.2) is 0 Å². The van der Waals surface area contributed by atoms with Gasteiger partial charge < -0.3 is 15.4 Å². The summed E-state index contributed by atoms with van der Waals surface area (Å²) in [6, 6.07) is 15.7. The smallest absolute Gasteiger partial charge is 0.249 e. The molecule has 0 atom stereocenters. The molecule has 0 bridgehead atoms. The topological polar surface area (TPSA) is 72.0 Å². The van der Waals surface area contributed by atoms with Gasteiger partial charge in [0.05, 0.1) is 18.5 Å². The van der Waals surface area contributed by atoms with E-state index in [9.17, 15) is 0 Å². The molecule has 0 amide bonds. The van der Waals surface area contributed by atoms with E-state index in [1.165, 1.54) is 0 Å². The van der Waals surface area contributed by atoms with E-state index in [2.05, 4.69) is 25.8 Å². The normalized spacial score (nSPS) is 10.2. The van der Waals surface area contributed by atoms with Crippen LogP contribution in [0, 0.1) is 6.92 Å². The Kier molecular flexibility index (Phi) is 4.86. The van der Waals surface area contributed by atoms with Crippen molar-refractivity contribution in [3.63, 3.8) is 0 Å². The maximum Gasteiger partial charge on any atom is 0.249 e. The molecule has 1 aromatic heterocycles. The van der Waals surface area contributed by atoms with Crippen molar-refractivity contribution in [2.45, 2.75) is 13.8 Å². The molecule has 0 spiro atoms. The van der Waals surface area contributed by atoms with Crippen LogP contribution in [0.1, 0.15) is 12.5 Å². The third-order valence-electron chi connectivity index (χ3n) is 3.40. The molecule has 3 aromatic rings. The highest BCUT2D eigenvalue weighted by Gasteiger charge is 2.07. The van der Waals surface area contributed by atoms with Crippen LogP contribution >= 0.6 is 0 Å². The SMILES string of the molecule is CCOc1ccccc1Nc1nncc(Nc2ccccc2C)n1. The van der Waals surface area contributed by atoms with Gasteiger partial charge in [0, 0.05) is 5.69 Å². The van der Waals surface area contributed by atoms with Crippen LogP contribution in [-0.4, -0.2) is 21.8 Å². The van der Waals surface area contributed by atoms with Gasteiger partial charge in [0.2, 0.25) is 5.95 Å². The Morgan fingerprint density at radius 1 is 0.958 bits per heavy atom. The summed E-state index contributed by atoms with van der Waals surface area (Å²) in [5.74, 6) is 1.78. The van der Waals surface area contributed by atoms with Crippen molar-refractivity contribution in [1.82, 2.24) is 15.2 Å². The summed E-state index contributed by atoms with van der Waals surface area (Å²) in [6.07, 6.45) is 1.59. The van der Waals surface area contributed by atoms with E-state index in [1.54, 1.807) is 6.20 Å². The lowest BCUT2D eigenvalue weighted by Gasteiger charge is -2.12. The van der Waals surface area contributed by atoms with Crippen molar-refractivity contribution in [2.24, 2.45) is 0 Å². The first-order valence-electron chi connectivity index (χ1n) is 7.77. The van der Waals surface area contributed by atoms with Gasteiger partial charge in [-0.3, -0.25) is 0 Å². The second kappa shape index (κ2) is 7.41. The molecule has 0 radical (unpaired) electrons. The van der Waals surface area contributed by atoms with E-state index in [0.29, 0.717) is 18.4 Å². The molecule has 0 aliphatic heterocycles. The van der Waals surface area contributed by atoms with Crippen LogP contribution in [-0.2, 0) is 0 Å². The van der Waals surface area contributed by atoms with Gasteiger partial charge in [-0.15, -0.1) is 5.10 Å². The van der Waals surface area contributed by atoms with Crippen LogP contribution in [0.4, 0.5) is 23.1 Å². The summed E-state index contributed by atoms with van der Waals surface area (Å²) in [4.78, 5) is 4.45. The predicted molar refractivity (Wildman–Crippen MR) is 95.2 cm³/mol. The molecule has 6 heteroatoms. The highest BCUT2D eigenvalue weighted by atomic mass is 16.5. The van der Waals surface area contributed by atoms with Gasteiger partial charge in [0.1, 0.15) is 5.75 Å². The number of rotatable bonds is 6. The molecule has 3 rings (SSSR count). The zero-order valence-corrected chi connectivity index (χ0v) is 13.7. The predicted octanol–water partition coefficient (Wildman–Crippen LogP) is 4.07. The molecule has 0 unspecified atom stereocenters. The number of ether oxygens (including phenoxy) is 1. The third kappa shape index (κ3) is 3.78. The third-order valence-corrected chi connectivity index (χ3v) is 3.40. The van der Waals surface area contributed by atoms with Crippen LogP contribution in [0.3, 0.4) is 0 Å². The maximum absolute atomic E-state index is 5.60. The summed E-state index contributed by atoms with van der Waals surface area (Å²) in [5, 5.41) is 14.4. The van der Waals surface area contributed by atoms with Gasteiger partial charge in [0.15, 0.2) is 5.82 Å². The van der Waals surface area contributed by atoms with Gasteiger partial charge in [-0.05, 0) is 37.6 Å². The summed E-state index contributed by atoms with van der Waals surface area (Å²) in [7, 11) is 0. The van der Waals surface area contributed by atoms with Gasteiger partial charge in [-0.2, -0.15) is 10.1 Å². The number of hydrogen-bond donors (Lipinski definition) is 2. The Hall–Kier alpha value is -3.15. The molecule has 6 nitrogen and oxygen atoms in total. The van der Waals surface area contributed by atoms with Crippen molar-refractivity contribution in [2.75, 3.05) is 17.2 Å². The molecule has 2 aromatic carbocycles. The summed E-state index contributed by atoms with van der Waals surface area (Å²) in [6.45, 7) is 4.57. The van der Waals surface area contributed by atoms with E-state index < -0.39 is 0 Å². The number of nitrogens with one attached hydrogen (secondary N) is 2. The van der Waals surface area contributed by atoms with Crippen molar-refractivity contribution in [3.05, 3.63) is 60.3 Å². The summed E-state index contributed by atoms with van der Waals surface area (Å²) < 4.78 is 5.60. The van der Waals surface area contributed by atoms with E-state index in [4.69, 9.17) is 4.74 Å². The van der Waals surface area contributed by atoms with Crippen LogP contribution in [0.15, 0.2) is 54.7 Å². The number of para-hydroxylation sites is 3. The van der Waals surface area contributed by atoms with E-state index in [1.807, 2.05) is 62.4 Å². The molecule has 0 fully saturated rings. The standard InChI is InChI=1S/C18H19N5O/c1-3-24-16-11-7-6-10-15(16)21-18-22-17(12-19-23-18)20-14-9-5-4-8-13(14)2/h4-12H,3H2,1-2H3,(H2,20,21,22,23). The summed E-state index contributed by atoms with van der Waals surface area (Å²) >= 11 is 0. The number of aryl methyl sites for hydroxylation is 1. The second-order valence-corrected chi connectivity index (χ2v) is 5.16. The number of anilines is 4. The Labute approximate surface area is 140 Å². The molecular formula is C18H19N5O. The lowest BCUT2D eigenvalue weighted by Crippen LogP contribution is -2.04. The zero-order chi connectivity index (χ0) is 16.8. The quantitative estimate of drug-likeness (QED) is 0.713. The fourth-order valence-corrected chi connectivity index (χ4v) is 2.24. The van der Waals surface area contributed by atoms with Crippen LogP contribution in [0.25, 0.3) is 0 Å². The van der Waals surface area contributed by atoms with Crippen LogP contribution in [0.5, 0.6) is 5.75 Å². The number of hydrogen-bond acceptors (Lipinski definition) is 6. The molecule has 1 heterocycles. The summed E-state index contributed by atoms with van der Waals surface area (Å²) in [5.41, 5.74) is 2.92. The first-order valence-corrected chi connectivity index (χ1v) is 7.77.